The summed E-state index contributed by atoms with van der Waals surface area (Å²) in [5, 5.41) is 2.92. The van der Waals surface area contributed by atoms with Crippen molar-refractivity contribution in [2.45, 2.75) is 27.2 Å². The number of nitrogens with zero attached hydrogens (tertiary/aromatic N) is 1. The Bertz CT molecular complexity index is 1100. The molecule has 0 unspecified atom stereocenters. The molecule has 0 saturated carbocycles. The van der Waals surface area contributed by atoms with Crippen molar-refractivity contribution in [3.63, 3.8) is 0 Å². The number of ether oxygens (including phenoxy) is 1. The van der Waals surface area contributed by atoms with Gasteiger partial charge in [0.1, 0.15) is 11.5 Å². The van der Waals surface area contributed by atoms with Gasteiger partial charge in [-0.1, -0.05) is 23.8 Å². The second-order valence-corrected chi connectivity index (χ2v) is 8.10. The number of hydrogen-bond acceptors (Lipinski definition) is 3. The molecular weight excluding hydrogens is 388 g/mol. The topological polar surface area (TPSA) is 58.6 Å². The second-order valence-electron chi connectivity index (χ2n) is 8.10. The quantitative estimate of drug-likeness (QED) is 0.608. The molecule has 1 atom stereocenters. The van der Waals surface area contributed by atoms with E-state index in [0.717, 1.165) is 17.0 Å². The molecule has 5 nitrogen and oxygen atoms in total. The number of nitrogens with one attached hydrogen (secondary N) is 1. The van der Waals surface area contributed by atoms with Crippen LogP contribution in [0.3, 0.4) is 0 Å². The van der Waals surface area contributed by atoms with Crippen LogP contribution in [-0.4, -0.2) is 18.4 Å². The Kier molecular flexibility index (Phi) is 5.76. The van der Waals surface area contributed by atoms with E-state index in [1.165, 1.54) is 11.1 Å². The number of hydrogen-bond donors (Lipinski definition) is 1. The van der Waals surface area contributed by atoms with E-state index >= 15 is 0 Å². The maximum Gasteiger partial charge on any atom is 0.229 e. The molecule has 4 rings (SSSR count). The lowest BCUT2D eigenvalue weighted by Gasteiger charge is -2.17. The highest BCUT2D eigenvalue weighted by Gasteiger charge is 2.35. The maximum absolute atomic E-state index is 12.7. The first-order chi connectivity index (χ1) is 14.9. The summed E-state index contributed by atoms with van der Waals surface area (Å²) in [6.07, 6.45) is 0.216. The summed E-state index contributed by atoms with van der Waals surface area (Å²) in [6, 6.07) is 21.0. The van der Waals surface area contributed by atoms with E-state index in [1.54, 1.807) is 4.90 Å². The molecule has 31 heavy (non-hydrogen) atoms. The van der Waals surface area contributed by atoms with Crippen LogP contribution >= 0.6 is 0 Å². The van der Waals surface area contributed by atoms with Crippen molar-refractivity contribution >= 4 is 23.2 Å². The summed E-state index contributed by atoms with van der Waals surface area (Å²) in [7, 11) is 0. The summed E-state index contributed by atoms with van der Waals surface area (Å²) in [5.41, 5.74) is 5.04. The summed E-state index contributed by atoms with van der Waals surface area (Å²) in [5.74, 6) is 0.926. The van der Waals surface area contributed by atoms with Crippen molar-refractivity contribution in [1.29, 1.82) is 0 Å². The van der Waals surface area contributed by atoms with E-state index in [0.29, 0.717) is 18.0 Å². The Morgan fingerprint density at radius 2 is 1.58 bits per heavy atom. The highest BCUT2D eigenvalue weighted by atomic mass is 16.5. The minimum absolute atomic E-state index is 0.0267. The van der Waals surface area contributed by atoms with Crippen LogP contribution in [0.1, 0.15) is 23.1 Å². The van der Waals surface area contributed by atoms with Crippen LogP contribution in [0.5, 0.6) is 11.5 Å². The predicted molar refractivity (Wildman–Crippen MR) is 123 cm³/mol. The van der Waals surface area contributed by atoms with E-state index in [-0.39, 0.29) is 24.2 Å². The molecule has 0 bridgehead atoms. The summed E-state index contributed by atoms with van der Waals surface area (Å²) in [6.45, 7) is 6.51. The molecule has 1 saturated heterocycles. The average molecular weight is 415 g/mol. The fourth-order valence-electron chi connectivity index (χ4n) is 3.62. The van der Waals surface area contributed by atoms with Gasteiger partial charge in [-0.15, -0.1) is 0 Å². The van der Waals surface area contributed by atoms with Gasteiger partial charge < -0.3 is 15.0 Å². The van der Waals surface area contributed by atoms with Crippen LogP contribution in [0.2, 0.25) is 0 Å². The molecule has 5 heteroatoms. The predicted octanol–water partition coefficient (Wildman–Crippen LogP) is 5.40. The minimum atomic E-state index is -0.375. The SMILES string of the molecule is Cc1ccc(N2C[C@@H](C(=O)Nc3ccc(Oc4ccc(C)c(C)c4)cc3)CC2=O)cc1. The van der Waals surface area contributed by atoms with Crippen molar-refractivity contribution in [3.05, 3.63) is 83.4 Å². The lowest BCUT2D eigenvalue weighted by molar-refractivity contribution is -0.122. The molecule has 1 N–H and O–H groups in total. The highest BCUT2D eigenvalue weighted by Crippen LogP contribution is 2.28. The summed E-state index contributed by atoms with van der Waals surface area (Å²) < 4.78 is 5.90. The standard InChI is InChI=1S/C26H26N2O3/c1-17-4-9-22(10-5-17)28-16-20(15-25(28)29)26(30)27-21-7-12-23(13-8-21)31-24-11-6-18(2)19(3)14-24/h4-14,20H,15-16H2,1-3H3,(H,27,30)/t20-/m0/s1. The van der Waals surface area contributed by atoms with Crippen molar-refractivity contribution in [1.82, 2.24) is 0 Å². The number of aryl methyl sites for hydroxylation is 3. The largest absolute Gasteiger partial charge is 0.457 e. The van der Waals surface area contributed by atoms with Gasteiger partial charge in [-0.25, -0.2) is 0 Å². The molecule has 0 spiro atoms. The highest BCUT2D eigenvalue weighted by molar-refractivity contribution is 6.03. The number of amides is 2. The molecule has 1 aliphatic rings. The van der Waals surface area contributed by atoms with Crippen LogP contribution in [0.4, 0.5) is 11.4 Å². The number of rotatable bonds is 5. The van der Waals surface area contributed by atoms with Crippen LogP contribution in [0.15, 0.2) is 66.7 Å². The Labute approximate surface area is 182 Å². The van der Waals surface area contributed by atoms with Gasteiger partial charge in [0, 0.05) is 24.3 Å². The van der Waals surface area contributed by atoms with Gasteiger partial charge in [-0.3, -0.25) is 9.59 Å². The maximum atomic E-state index is 12.7. The van der Waals surface area contributed by atoms with Gasteiger partial charge in [0.15, 0.2) is 0 Å². The van der Waals surface area contributed by atoms with Gasteiger partial charge in [-0.2, -0.15) is 0 Å². The lowest BCUT2D eigenvalue weighted by atomic mass is 10.1. The number of benzene rings is 3. The third-order valence-electron chi connectivity index (χ3n) is 5.68. The molecule has 1 aliphatic heterocycles. The van der Waals surface area contributed by atoms with Crippen LogP contribution in [0, 0.1) is 26.7 Å². The number of carbonyl (C=O) groups excluding carboxylic acids is 2. The first-order valence-electron chi connectivity index (χ1n) is 10.4. The van der Waals surface area contributed by atoms with Gasteiger partial charge in [0.2, 0.25) is 11.8 Å². The average Bonchev–Trinajstić information content (AvgIpc) is 3.14. The zero-order valence-corrected chi connectivity index (χ0v) is 18.0. The van der Waals surface area contributed by atoms with E-state index in [1.807, 2.05) is 73.7 Å². The summed E-state index contributed by atoms with van der Waals surface area (Å²) >= 11 is 0. The van der Waals surface area contributed by atoms with Crippen LogP contribution in [0.25, 0.3) is 0 Å². The van der Waals surface area contributed by atoms with Crippen LogP contribution < -0.4 is 15.0 Å². The normalized spacial score (nSPS) is 15.8. The molecule has 0 radical (unpaired) electrons. The molecular formula is C26H26N2O3. The van der Waals surface area contributed by atoms with Gasteiger partial charge in [0.05, 0.1) is 5.92 Å². The van der Waals surface area contributed by atoms with E-state index in [4.69, 9.17) is 4.74 Å². The number of carbonyl (C=O) groups is 2. The fraction of sp³-hybridized carbons (Fsp3) is 0.231. The Balaban J connectivity index is 1.36. The van der Waals surface area contributed by atoms with E-state index < -0.39 is 0 Å². The van der Waals surface area contributed by atoms with Gasteiger partial charge in [0.25, 0.3) is 0 Å². The fourth-order valence-corrected chi connectivity index (χ4v) is 3.62. The summed E-state index contributed by atoms with van der Waals surface area (Å²) in [4.78, 5) is 26.8. The third-order valence-corrected chi connectivity index (χ3v) is 5.68. The monoisotopic (exact) mass is 414 g/mol. The van der Waals surface area contributed by atoms with Gasteiger partial charge >= 0.3 is 0 Å². The molecule has 2 amide bonds. The number of anilines is 2. The van der Waals surface area contributed by atoms with E-state index in [9.17, 15) is 9.59 Å². The van der Waals surface area contributed by atoms with Gasteiger partial charge in [-0.05, 0) is 80.4 Å². The molecule has 0 aliphatic carbocycles. The van der Waals surface area contributed by atoms with Crippen molar-refractivity contribution in [3.8, 4) is 11.5 Å². The van der Waals surface area contributed by atoms with E-state index in [2.05, 4.69) is 19.2 Å². The second kappa shape index (κ2) is 8.64. The molecule has 158 valence electrons. The molecule has 3 aromatic rings. The minimum Gasteiger partial charge on any atom is -0.457 e. The Morgan fingerprint density at radius 1 is 0.903 bits per heavy atom. The Hall–Kier alpha value is -3.60. The first kappa shape index (κ1) is 20.7. The zero-order chi connectivity index (χ0) is 22.0. The first-order valence-corrected chi connectivity index (χ1v) is 10.4. The molecule has 1 fully saturated rings. The van der Waals surface area contributed by atoms with Crippen LogP contribution in [-0.2, 0) is 9.59 Å². The third kappa shape index (κ3) is 4.77. The Morgan fingerprint density at radius 3 is 2.26 bits per heavy atom. The molecule has 3 aromatic carbocycles. The van der Waals surface area contributed by atoms with Crippen molar-refractivity contribution in [2.75, 3.05) is 16.8 Å². The molecule has 0 aromatic heterocycles. The van der Waals surface area contributed by atoms with Crippen molar-refractivity contribution in [2.24, 2.45) is 5.92 Å². The zero-order valence-electron chi connectivity index (χ0n) is 18.0. The smallest absolute Gasteiger partial charge is 0.229 e. The van der Waals surface area contributed by atoms with Crippen molar-refractivity contribution < 1.29 is 14.3 Å². The molecule has 1 heterocycles. The lowest BCUT2D eigenvalue weighted by Crippen LogP contribution is -2.28.